The molecule has 0 bridgehead atoms. The summed E-state index contributed by atoms with van der Waals surface area (Å²) in [5.41, 5.74) is 5.71. The van der Waals surface area contributed by atoms with Crippen molar-refractivity contribution in [1.82, 2.24) is 5.32 Å². The Morgan fingerprint density at radius 3 is 2.55 bits per heavy atom. The van der Waals surface area contributed by atoms with Crippen LogP contribution in [0, 0.1) is 24.0 Å². The monoisotopic (exact) mass is 284 g/mol. The van der Waals surface area contributed by atoms with Crippen molar-refractivity contribution >= 4 is 0 Å². The van der Waals surface area contributed by atoms with Gasteiger partial charge in [-0.3, -0.25) is 0 Å². The minimum atomic E-state index is -0.885. The summed E-state index contributed by atoms with van der Waals surface area (Å²) in [5.74, 6) is 1.00. The lowest BCUT2D eigenvalue weighted by Gasteiger charge is -2.20. The van der Waals surface area contributed by atoms with Crippen LogP contribution in [-0.2, 0) is 0 Å². The van der Waals surface area contributed by atoms with Gasteiger partial charge in [0.2, 0.25) is 0 Å². The van der Waals surface area contributed by atoms with E-state index in [9.17, 15) is 13.9 Å². The average Bonchev–Trinajstić information content (AvgIpc) is 2.40. The van der Waals surface area contributed by atoms with Crippen molar-refractivity contribution in [1.29, 1.82) is 0 Å². The number of hydrogen-bond acceptors (Lipinski definition) is 4. The SMILES string of the molecule is C#CC(C)NC[C@@H](O)[C@@H](N)COc1cc(F)cc(F)c1. The molecule has 0 saturated heterocycles. The molecule has 0 aliphatic heterocycles. The van der Waals surface area contributed by atoms with Gasteiger partial charge < -0.3 is 20.9 Å². The van der Waals surface area contributed by atoms with E-state index in [1.165, 1.54) is 0 Å². The van der Waals surface area contributed by atoms with Crippen molar-refractivity contribution in [3.63, 3.8) is 0 Å². The highest BCUT2D eigenvalue weighted by molar-refractivity contribution is 5.23. The number of halogens is 2. The second-order valence-corrected chi connectivity index (χ2v) is 4.44. The Morgan fingerprint density at radius 2 is 2.00 bits per heavy atom. The van der Waals surface area contributed by atoms with Crippen LogP contribution in [0.5, 0.6) is 5.75 Å². The van der Waals surface area contributed by atoms with Crippen LogP contribution in [0.1, 0.15) is 6.92 Å². The number of hydrogen-bond donors (Lipinski definition) is 3. The van der Waals surface area contributed by atoms with Crippen molar-refractivity contribution in [3.8, 4) is 18.1 Å². The summed E-state index contributed by atoms with van der Waals surface area (Å²) in [6.07, 6.45) is 4.29. The van der Waals surface area contributed by atoms with E-state index in [1.807, 2.05) is 0 Å². The van der Waals surface area contributed by atoms with Crippen LogP contribution < -0.4 is 15.8 Å². The molecule has 4 N–H and O–H groups in total. The van der Waals surface area contributed by atoms with E-state index in [2.05, 4.69) is 11.2 Å². The molecule has 3 atom stereocenters. The summed E-state index contributed by atoms with van der Waals surface area (Å²) < 4.78 is 31.0. The van der Waals surface area contributed by atoms with Crippen LogP contribution in [0.4, 0.5) is 8.78 Å². The number of nitrogens with two attached hydrogens (primary N) is 1. The third-order valence-electron chi connectivity index (χ3n) is 2.66. The number of aliphatic hydroxyl groups excluding tert-OH is 1. The Bertz CT molecular complexity index is 456. The molecule has 1 unspecified atom stereocenters. The normalized spacial score (nSPS) is 15.2. The molecule has 1 rings (SSSR count). The van der Waals surface area contributed by atoms with Gasteiger partial charge in [0.1, 0.15) is 24.0 Å². The minimum Gasteiger partial charge on any atom is -0.492 e. The molecular formula is C14H18F2N2O2. The molecule has 1 aromatic rings. The number of aliphatic hydroxyl groups is 1. The summed E-state index contributed by atoms with van der Waals surface area (Å²) in [6, 6.07) is 1.93. The van der Waals surface area contributed by atoms with Gasteiger partial charge in [0.05, 0.1) is 18.2 Å². The van der Waals surface area contributed by atoms with Crippen LogP contribution in [0.2, 0.25) is 0 Å². The van der Waals surface area contributed by atoms with Gasteiger partial charge in [-0.15, -0.1) is 6.42 Å². The summed E-state index contributed by atoms with van der Waals surface area (Å²) in [5, 5.41) is 12.7. The molecule has 6 heteroatoms. The topological polar surface area (TPSA) is 67.5 Å². The quantitative estimate of drug-likeness (QED) is 0.643. The largest absolute Gasteiger partial charge is 0.492 e. The summed E-state index contributed by atoms with van der Waals surface area (Å²) in [7, 11) is 0. The number of nitrogens with one attached hydrogen (secondary N) is 1. The van der Waals surface area contributed by atoms with Gasteiger partial charge in [-0.05, 0) is 6.92 Å². The van der Waals surface area contributed by atoms with Crippen molar-refractivity contribution in [2.45, 2.75) is 25.1 Å². The first kappa shape index (κ1) is 16.4. The van der Waals surface area contributed by atoms with Gasteiger partial charge >= 0.3 is 0 Å². The molecule has 20 heavy (non-hydrogen) atoms. The predicted octanol–water partition coefficient (Wildman–Crippen LogP) is 0.643. The average molecular weight is 284 g/mol. The van der Waals surface area contributed by atoms with Crippen LogP contribution in [0.15, 0.2) is 18.2 Å². The Balaban J connectivity index is 2.42. The molecule has 0 saturated carbocycles. The fraction of sp³-hybridized carbons (Fsp3) is 0.429. The van der Waals surface area contributed by atoms with Crippen molar-refractivity contribution in [2.75, 3.05) is 13.2 Å². The lowest BCUT2D eigenvalue weighted by molar-refractivity contribution is 0.113. The van der Waals surface area contributed by atoms with Crippen molar-refractivity contribution in [3.05, 3.63) is 29.8 Å². The van der Waals surface area contributed by atoms with E-state index in [4.69, 9.17) is 16.9 Å². The fourth-order valence-corrected chi connectivity index (χ4v) is 1.42. The molecule has 0 aliphatic carbocycles. The molecule has 0 amide bonds. The Labute approximate surface area is 116 Å². The molecule has 0 radical (unpaired) electrons. The smallest absolute Gasteiger partial charge is 0.129 e. The lowest BCUT2D eigenvalue weighted by atomic mass is 10.2. The molecular weight excluding hydrogens is 266 g/mol. The Morgan fingerprint density at radius 1 is 1.40 bits per heavy atom. The number of benzene rings is 1. The van der Waals surface area contributed by atoms with E-state index in [0.29, 0.717) is 0 Å². The van der Waals surface area contributed by atoms with Gasteiger partial charge in [0.25, 0.3) is 0 Å². The first-order valence-corrected chi connectivity index (χ1v) is 6.14. The van der Waals surface area contributed by atoms with Gasteiger partial charge in [0.15, 0.2) is 0 Å². The second-order valence-electron chi connectivity index (χ2n) is 4.44. The second kappa shape index (κ2) is 7.80. The number of ether oxygens (including phenoxy) is 1. The van der Waals surface area contributed by atoms with Crippen molar-refractivity contribution < 1.29 is 18.6 Å². The maximum Gasteiger partial charge on any atom is 0.129 e. The third kappa shape index (κ3) is 5.53. The maximum atomic E-state index is 12.9. The number of terminal acetylenes is 1. The summed E-state index contributed by atoms with van der Waals surface area (Å²) in [4.78, 5) is 0. The lowest BCUT2D eigenvalue weighted by Crippen LogP contribution is -2.46. The highest BCUT2D eigenvalue weighted by Crippen LogP contribution is 2.15. The number of rotatable bonds is 7. The summed E-state index contributed by atoms with van der Waals surface area (Å²) >= 11 is 0. The Hall–Kier alpha value is -1.68. The standard InChI is InChI=1S/C14H18F2N2O2/c1-3-9(2)18-7-14(19)13(17)8-20-12-5-10(15)4-11(16)6-12/h1,4-6,9,13-14,18-19H,7-8,17H2,2H3/t9?,13-,14+/m0/s1. The van der Waals surface area contributed by atoms with E-state index in [1.54, 1.807) is 6.92 Å². The first-order chi connectivity index (χ1) is 9.42. The fourth-order valence-electron chi connectivity index (χ4n) is 1.42. The highest BCUT2D eigenvalue weighted by atomic mass is 19.1. The van der Waals surface area contributed by atoms with Crippen LogP contribution >= 0.6 is 0 Å². The zero-order valence-electron chi connectivity index (χ0n) is 11.1. The summed E-state index contributed by atoms with van der Waals surface area (Å²) in [6.45, 7) is 1.90. The molecule has 0 fully saturated rings. The van der Waals surface area contributed by atoms with Crippen LogP contribution in [0.3, 0.4) is 0 Å². The van der Waals surface area contributed by atoms with Gasteiger partial charge in [-0.25, -0.2) is 8.78 Å². The Kier molecular flexibility index (Phi) is 6.39. The molecule has 0 heterocycles. The molecule has 1 aromatic carbocycles. The van der Waals surface area contributed by atoms with Crippen molar-refractivity contribution in [2.24, 2.45) is 5.73 Å². The maximum absolute atomic E-state index is 12.9. The zero-order chi connectivity index (χ0) is 15.1. The van der Waals surface area contributed by atoms with Gasteiger partial charge in [-0.1, -0.05) is 5.92 Å². The molecule has 0 aliphatic rings. The molecule has 0 aromatic heterocycles. The molecule has 110 valence electrons. The van der Waals surface area contributed by atoms with E-state index in [0.717, 1.165) is 18.2 Å². The third-order valence-corrected chi connectivity index (χ3v) is 2.66. The van der Waals surface area contributed by atoms with Gasteiger partial charge in [-0.2, -0.15) is 0 Å². The van der Waals surface area contributed by atoms with Crippen LogP contribution in [0.25, 0.3) is 0 Å². The van der Waals surface area contributed by atoms with E-state index < -0.39 is 23.8 Å². The zero-order valence-corrected chi connectivity index (χ0v) is 11.1. The van der Waals surface area contributed by atoms with E-state index in [-0.39, 0.29) is 24.9 Å². The highest BCUT2D eigenvalue weighted by Gasteiger charge is 2.16. The van der Waals surface area contributed by atoms with Gasteiger partial charge in [0, 0.05) is 24.7 Å². The van der Waals surface area contributed by atoms with Crippen LogP contribution in [-0.4, -0.2) is 36.4 Å². The molecule has 4 nitrogen and oxygen atoms in total. The predicted molar refractivity (Wildman–Crippen MR) is 72.1 cm³/mol. The molecule has 0 spiro atoms. The minimum absolute atomic E-state index is 0.0232. The van der Waals surface area contributed by atoms with E-state index >= 15 is 0 Å². The first-order valence-electron chi connectivity index (χ1n) is 6.14.